The van der Waals surface area contributed by atoms with Gasteiger partial charge in [0.05, 0.1) is 5.69 Å². The smallest absolute Gasteiger partial charge is 0.342 e. The summed E-state index contributed by atoms with van der Waals surface area (Å²) < 4.78 is 37.2. The second-order valence-electron chi connectivity index (χ2n) is 6.02. The van der Waals surface area contributed by atoms with Crippen LogP contribution in [0.4, 0.5) is 14.5 Å². The quantitative estimate of drug-likeness (QED) is 0.603. The zero-order chi connectivity index (χ0) is 20.6. The molecule has 0 aliphatic rings. The molecule has 0 unspecified atom stereocenters. The molecular weight excluding hydrogens is 380 g/mol. The molecule has 0 saturated carbocycles. The van der Waals surface area contributed by atoms with Gasteiger partial charge < -0.3 is 14.8 Å². The van der Waals surface area contributed by atoms with Crippen molar-refractivity contribution in [3.05, 3.63) is 95.6 Å². The van der Waals surface area contributed by atoms with Crippen LogP contribution in [0.3, 0.4) is 0 Å². The SMILES string of the molecule is O=C(COc1ccccc1C(=O)OCc1ccc(F)cc1)Nc1ccccc1F. The Bertz CT molecular complexity index is 1010. The van der Waals surface area contributed by atoms with Crippen LogP contribution in [0.5, 0.6) is 5.75 Å². The maximum atomic E-state index is 13.6. The summed E-state index contributed by atoms with van der Waals surface area (Å²) in [6.45, 7) is -0.461. The maximum absolute atomic E-state index is 13.6. The number of carbonyl (C=O) groups excluding carboxylic acids is 2. The standard InChI is InChI=1S/C22H17F2NO4/c23-16-11-9-15(10-12-16)13-29-22(27)17-5-1-4-8-20(17)28-14-21(26)25-19-7-3-2-6-18(19)24/h1-12H,13-14H2,(H,25,26). The van der Waals surface area contributed by atoms with E-state index in [-0.39, 0.29) is 29.4 Å². The Kier molecular flexibility index (Phi) is 6.52. The first-order valence-electron chi connectivity index (χ1n) is 8.70. The van der Waals surface area contributed by atoms with Gasteiger partial charge in [0, 0.05) is 0 Å². The summed E-state index contributed by atoms with van der Waals surface area (Å²) in [5.41, 5.74) is 0.795. The number of nitrogens with one attached hydrogen (secondary N) is 1. The third-order valence-electron chi connectivity index (χ3n) is 3.90. The highest BCUT2D eigenvalue weighted by Crippen LogP contribution is 2.20. The van der Waals surface area contributed by atoms with Crippen molar-refractivity contribution in [3.63, 3.8) is 0 Å². The lowest BCUT2D eigenvalue weighted by Gasteiger charge is -2.12. The van der Waals surface area contributed by atoms with Crippen molar-refractivity contribution < 1.29 is 27.8 Å². The number of esters is 1. The van der Waals surface area contributed by atoms with E-state index < -0.39 is 24.3 Å². The fourth-order valence-corrected chi connectivity index (χ4v) is 2.46. The highest BCUT2D eigenvalue weighted by atomic mass is 19.1. The second kappa shape index (κ2) is 9.45. The van der Waals surface area contributed by atoms with Gasteiger partial charge >= 0.3 is 5.97 Å². The molecule has 0 aromatic heterocycles. The number of benzene rings is 3. The molecule has 3 rings (SSSR count). The monoisotopic (exact) mass is 397 g/mol. The Morgan fingerprint density at radius 1 is 0.862 bits per heavy atom. The predicted octanol–water partition coefficient (Wildman–Crippen LogP) is 4.34. The van der Waals surface area contributed by atoms with Gasteiger partial charge in [0.1, 0.15) is 29.6 Å². The van der Waals surface area contributed by atoms with Crippen molar-refractivity contribution in [3.8, 4) is 5.75 Å². The second-order valence-corrected chi connectivity index (χ2v) is 6.02. The molecular formula is C22H17F2NO4. The van der Waals surface area contributed by atoms with E-state index in [1.807, 2.05) is 0 Å². The molecule has 0 radical (unpaired) electrons. The summed E-state index contributed by atoms with van der Waals surface area (Å²) in [6, 6.07) is 17.6. The summed E-state index contributed by atoms with van der Waals surface area (Å²) in [7, 11) is 0. The van der Waals surface area contributed by atoms with E-state index in [2.05, 4.69) is 5.32 Å². The van der Waals surface area contributed by atoms with Gasteiger partial charge in [0.15, 0.2) is 6.61 Å². The fourth-order valence-electron chi connectivity index (χ4n) is 2.46. The van der Waals surface area contributed by atoms with E-state index in [0.717, 1.165) is 0 Å². The van der Waals surface area contributed by atoms with Crippen LogP contribution in [0.15, 0.2) is 72.8 Å². The molecule has 0 bridgehead atoms. The van der Waals surface area contributed by atoms with Crippen LogP contribution in [-0.4, -0.2) is 18.5 Å². The zero-order valence-electron chi connectivity index (χ0n) is 15.2. The number of ether oxygens (including phenoxy) is 2. The third-order valence-corrected chi connectivity index (χ3v) is 3.90. The number of hydrogen-bond acceptors (Lipinski definition) is 4. The Morgan fingerprint density at radius 3 is 2.31 bits per heavy atom. The lowest BCUT2D eigenvalue weighted by molar-refractivity contribution is -0.118. The number of rotatable bonds is 7. The molecule has 148 valence electrons. The minimum atomic E-state index is -0.653. The molecule has 1 amide bonds. The minimum Gasteiger partial charge on any atom is -0.483 e. The molecule has 0 atom stereocenters. The number of hydrogen-bond donors (Lipinski definition) is 1. The largest absolute Gasteiger partial charge is 0.483 e. The predicted molar refractivity (Wildman–Crippen MR) is 102 cm³/mol. The van der Waals surface area contributed by atoms with Gasteiger partial charge in [-0.2, -0.15) is 0 Å². The molecule has 7 heteroatoms. The minimum absolute atomic E-state index is 0.0353. The summed E-state index contributed by atoms with van der Waals surface area (Å²) >= 11 is 0. The Labute approximate surface area is 165 Å². The lowest BCUT2D eigenvalue weighted by atomic mass is 10.2. The Balaban J connectivity index is 1.59. The number of halogens is 2. The molecule has 1 N–H and O–H groups in total. The average Bonchev–Trinajstić information content (AvgIpc) is 2.73. The molecule has 3 aromatic carbocycles. The first kappa shape index (κ1) is 20.0. The topological polar surface area (TPSA) is 64.6 Å². The highest BCUT2D eigenvalue weighted by Gasteiger charge is 2.15. The molecule has 0 aliphatic heterocycles. The number of carbonyl (C=O) groups is 2. The van der Waals surface area contributed by atoms with Crippen LogP contribution < -0.4 is 10.1 Å². The van der Waals surface area contributed by atoms with Crippen LogP contribution in [0, 0.1) is 11.6 Å². The van der Waals surface area contributed by atoms with Crippen molar-refractivity contribution in [1.29, 1.82) is 0 Å². The van der Waals surface area contributed by atoms with Crippen LogP contribution in [0.1, 0.15) is 15.9 Å². The molecule has 3 aromatic rings. The van der Waals surface area contributed by atoms with E-state index in [1.54, 1.807) is 18.2 Å². The number of anilines is 1. The first-order chi connectivity index (χ1) is 14.0. The molecule has 29 heavy (non-hydrogen) atoms. The molecule has 0 aliphatic carbocycles. The van der Waals surface area contributed by atoms with E-state index in [4.69, 9.17) is 9.47 Å². The lowest BCUT2D eigenvalue weighted by Crippen LogP contribution is -2.21. The van der Waals surface area contributed by atoms with Gasteiger partial charge in [-0.15, -0.1) is 0 Å². The van der Waals surface area contributed by atoms with Crippen LogP contribution in [-0.2, 0) is 16.1 Å². The Hall–Kier alpha value is -3.74. The normalized spacial score (nSPS) is 10.3. The van der Waals surface area contributed by atoms with Gasteiger partial charge in [0.25, 0.3) is 5.91 Å². The van der Waals surface area contributed by atoms with Crippen molar-refractivity contribution in [1.82, 2.24) is 0 Å². The number of amides is 1. The van der Waals surface area contributed by atoms with E-state index in [9.17, 15) is 18.4 Å². The summed E-state index contributed by atoms with van der Waals surface area (Å²) in [4.78, 5) is 24.4. The van der Waals surface area contributed by atoms with Gasteiger partial charge in [-0.3, -0.25) is 4.79 Å². The van der Waals surface area contributed by atoms with Crippen molar-refractivity contribution in [2.45, 2.75) is 6.61 Å². The fraction of sp³-hybridized carbons (Fsp3) is 0.0909. The molecule has 0 heterocycles. The van der Waals surface area contributed by atoms with Crippen LogP contribution in [0.2, 0.25) is 0 Å². The van der Waals surface area contributed by atoms with Crippen molar-refractivity contribution in [2.24, 2.45) is 0 Å². The third kappa shape index (κ3) is 5.62. The van der Waals surface area contributed by atoms with Gasteiger partial charge in [-0.1, -0.05) is 36.4 Å². The van der Waals surface area contributed by atoms with E-state index in [1.165, 1.54) is 54.6 Å². The zero-order valence-corrected chi connectivity index (χ0v) is 15.2. The molecule has 5 nitrogen and oxygen atoms in total. The summed E-state index contributed by atoms with van der Waals surface area (Å²) in [5, 5.41) is 2.39. The summed E-state index contributed by atoms with van der Waals surface area (Å²) in [6.07, 6.45) is 0. The average molecular weight is 397 g/mol. The number of para-hydroxylation sites is 2. The van der Waals surface area contributed by atoms with E-state index >= 15 is 0 Å². The van der Waals surface area contributed by atoms with Crippen molar-refractivity contribution >= 4 is 17.6 Å². The summed E-state index contributed by atoms with van der Waals surface area (Å²) in [5.74, 6) is -2.03. The van der Waals surface area contributed by atoms with Gasteiger partial charge in [0.2, 0.25) is 0 Å². The van der Waals surface area contributed by atoms with Crippen LogP contribution in [0.25, 0.3) is 0 Å². The highest BCUT2D eigenvalue weighted by molar-refractivity contribution is 5.94. The van der Waals surface area contributed by atoms with Gasteiger partial charge in [-0.05, 0) is 42.0 Å². The van der Waals surface area contributed by atoms with Gasteiger partial charge in [-0.25, -0.2) is 13.6 Å². The van der Waals surface area contributed by atoms with E-state index in [0.29, 0.717) is 5.56 Å². The van der Waals surface area contributed by atoms with Crippen LogP contribution >= 0.6 is 0 Å². The molecule has 0 fully saturated rings. The molecule has 0 saturated heterocycles. The van der Waals surface area contributed by atoms with Crippen molar-refractivity contribution in [2.75, 3.05) is 11.9 Å². The Morgan fingerprint density at radius 2 is 1.55 bits per heavy atom. The first-order valence-corrected chi connectivity index (χ1v) is 8.70. The molecule has 0 spiro atoms. The maximum Gasteiger partial charge on any atom is 0.342 e.